The van der Waals surface area contributed by atoms with E-state index in [9.17, 15) is 9.90 Å². The Morgan fingerprint density at radius 2 is 0.800 bits per heavy atom. The van der Waals surface area contributed by atoms with Gasteiger partial charge in [0.15, 0.2) is 0 Å². The maximum atomic E-state index is 11.0. The van der Waals surface area contributed by atoms with E-state index in [1.54, 1.807) is 0 Å². The van der Waals surface area contributed by atoms with E-state index in [0.29, 0.717) is 0 Å². The molecule has 0 aromatic heterocycles. The van der Waals surface area contributed by atoms with Crippen molar-refractivity contribution in [2.45, 2.75) is 142 Å². The maximum absolute atomic E-state index is 11.0. The molecule has 0 aromatic carbocycles. The molecular weight excluding hydrogens is 365 g/mol. The number of carboxylic acids is 1. The van der Waals surface area contributed by atoms with Gasteiger partial charge in [-0.15, -0.1) is 0 Å². The zero-order chi connectivity index (χ0) is 21.4. The van der Waals surface area contributed by atoms with E-state index in [2.05, 4.69) is 18.7 Å². The number of carboxylic acid groups (broad SMARTS) is 1. The molecule has 0 bridgehead atoms. The summed E-state index contributed by atoms with van der Waals surface area (Å²) in [6.07, 6.45) is 26.5. The van der Waals surface area contributed by atoms with Crippen LogP contribution in [0.4, 0.5) is 0 Å². The van der Waals surface area contributed by atoms with Crippen LogP contribution in [0.3, 0.4) is 0 Å². The van der Waals surface area contributed by atoms with Crippen LogP contribution in [-0.4, -0.2) is 30.5 Å². The molecule has 0 aliphatic heterocycles. The molecule has 0 aliphatic rings. The van der Waals surface area contributed by atoms with Crippen LogP contribution >= 0.6 is 0 Å². The number of carbonyl (C=O) groups is 1. The molecule has 0 unspecified atom stereocenters. The summed E-state index contributed by atoms with van der Waals surface area (Å²) in [6.45, 7) is 6.47. The van der Waals surface area contributed by atoms with Gasteiger partial charge in [0.05, 0.1) is 5.97 Å². The molecule has 0 atom stereocenters. The summed E-state index contributed by atoms with van der Waals surface area (Å²) in [5, 5.41) is 11.0. The van der Waals surface area contributed by atoms with Gasteiger partial charge in [-0.05, 0) is 25.9 Å². The summed E-state index contributed by atoms with van der Waals surface area (Å²) >= 11 is 0. The predicted octanol–water partition coefficient (Wildman–Crippen LogP) is 3.88. The molecule has 0 spiro atoms. The van der Waals surface area contributed by atoms with Gasteiger partial charge >= 0.3 is 18.9 Å². The van der Waals surface area contributed by atoms with Crippen molar-refractivity contribution < 1.29 is 28.8 Å². The molecular formula is C26H52LiNO2. The molecule has 174 valence electrons. The van der Waals surface area contributed by atoms with Crippen molar-refractivity contribution in [2.75, 3.05) is 19.6 Å². The predicted molar refractivity (Wildman–Crippen MR) is 125 cm³/mol. The zero-order valence-electron chi connectivity index (χ0n) is 21.0. The fourth-order valence-electron chi connectivity index (χ4n) is 4.10. The molecule has 0 radical (unpaired) electrons. The van der Waals surface area contributed by atoms with Gasteiger partial charge in [-0.2, -0.15) is 0 Å². The first-order chi connectivity index (χ1) is 14.2. The molecule has 0 aromatic rings. The number of unbranched alkanes of at least 4 members (excludes halogenated alkanes) is 18. The van der Waals surface area contributed by atoms with Crippen molar-refractivity contribution in [2.24, 2.45) is 0 Å². The molecule has 0 aliphatic carbocycles. The Labute approximate surface area is 201 Å². The third-order valence-electron chi connectivity index (χ3n) is 6.01. The van der Waals surface area contributed by atoms with Gasteiger partial charge in [-0.25, -0.2) is 0 Å². The number of carbonyl (C=O) groups excluding carboxylic acids is 1. The summed E-state index contributed by atoms with van der Waals surface area (Å²) in [7, 11) is 0. The normalized spacial score (nSPS) is 11.0. The fourth-order valence-corrected chi connectivity index (χ4v) is 4.10. The van der Waals surface area contributed by atoms with Crippen LogP contribution in [0.1, 0.15) is 142 Å². The first-order valence-corrected chi connectivity index (χ1v) is 13.1. The Morgan fingerprint density at radius 1 is 0.533 bits per heavy atom. The largest absolute Gasteiger partial charge is 1.00 e. The molecule has 3 nitrogen and oxygen atoms in total. The standard InChI is InChI=1S/C26H53NO2.Li/c1-3-5-7-9-11-13-15-17-19-21-23-27(25-26(28)29)24-22-20-18-16-14-12-10-8-6-4-2;/h3-25H2,1-2H3,(H,28,29);/q;+1/p-1. The molecule has 0 amide bonds. The van der Waals surface area contributed by atoms with Crippen molar-refractivity contribution in [3.8, 4) is 0 Å². The van der Waals surface area contributed by atoms with Gasteiger partial charge in [0.25, 0.3) is 0 Å². The van der Waals surface area contributed by atoms with E-state index >= 15 is 0 Å². The number of hydrogen-bond acceptors (Lipinski definition) is 3. The van der Waals surface area contributed by atoms with Gasteiger partial charge in [0.1, 0.15) is 0 Å². The number of nitrogens with zero attached hydrogens (tertiary/aromatic N) is 1. The Hall–Kier alpha value is 0.0274. The van der Waals surface area contributed by atoms with Crippen LogP contribution < -0.4 is 24.0 Å². The summed E-state index contributed by atoms with van der Waals surface area (Å²) in [5.74, 6) is -0.927. The van der Waals surface area contributed by atoms with Crippen molar-refractivity contribution >= 4 is 5.97 Å². The minimum Gasteiger partial charge on any atom is -0.549 e. The van der Waals surface area contributed by atoms with Crippen molar-refractivity contribution in [3.05, 3.63) is 0 Å². The van der Waals surface area contributed by atoms with Gasteiger partial charge in [0.2, 0.25) is 0 Å². The SMILES string of the molecule is CCCCCCCCCCCCN(CCCCCCCCCCCC)CC(=O)[O-].[Li+]. The van der Waals surface area contributed by atoms with E-state index in [1.165, 1.54) is 116 Å². The van der Waals surface area contributed by atoms with Crippen molar-refractivity contribution in [3.63, 3.8) is 0 Å². The maximum Gasteiger partial charge on any atom is 1.00 e. The third-order valence-corrected chi connectivity index (χ3v) is 6.01. The molecule has 0 heterocycles. The van der Waals surface area contributed by atoms with Crippen LogP contribution in [0, 0.1) is 0 Å². The first-order valence-electron chi connectivity index (χ1n) is 13.1. The smallest absolute Gasteiger partial charge is 0.549 e. The van der Waals surface area contributed by atoms with Gasteiger partial charge in [-0.1, -0.05) is 129 Å². The Kier molecular flexibility index (Phi) is 29.1. The molecule has 4 heteroatoms. The van der Waals surface area contributed by atoms with Crippen LogP contribution in [0.25, 0.3) is 0 Å². The topological polar surface area (TPSA) is 43.4 Å². The Morgan fingerprint density at radius 3 is 1.07 bits per heavy atom. The van der Waals surface area contributed by atoms with E-state index < -0.39 is 5.97 Å². The second-order valence-corrected chi connectivity index (χ2v) is 9.01. The molecule has 0 rings (SSSR count). The minimum atomic E-state index is -0.927. The van der Waals surface area contributed by atoms with Crippen LogP contribution in [-0.2, 0) is 4.79 Å². The van der Waals surface area contributed by atoms with Crippen LogP contribution in [0.5, 0.6) is 0 Å². The second kappa shape index (κ2) is 27.1. The molecule has 0 saturated heterocycles. The molecule has 0 fully saturated rings. The van der Waals surface area contributed by atoms with E-state index in [-0.39, 0.29) is 25.4 Å². The van der Waals surface area contributed by atoms with Crippen LogP contribution in [0.2, 0.25) is 0 Å². The minimum absolute atomic E-state index is 0. The summed E-state index contributed by atoms with van der Waals surface area (Å²) < 4.78 is 0. The molecule has 0 saturated carbocycles. The van der Waals surface area contributed by atoms with Gasteiger partial charge in [0, 0.05) is 6.54 Å². The summed E-state index contributed by atoms with van der Waals surface area (Å²) in [5.41, 5.74) is 0. The van der Waals surface area contributed by atoms with Crippen LogP contribution in [0.15, 0.2) is 0 Å². The molecule has 0 N–H and O–H groups in total. The number of rotatable bonds is 24. The quantitative estimate of drug-likeness (QED) is 0.177. The van der Waals surface area contributed by atoms with E-state index in [1.807, 2.05) is 0 Å². The van der Waals surface area contributed by atoms with E-state index in [0.717, 1.165) is 25.9 Å². The first kappa shape index (κ1) is 32.2. The fraction of sp³-hybridized carbons (Fsp3) is 0.962. The van der Waals surface area contributed by atoms with Crippen molar-refractivity contribution in [1.29, 1.82) is 0 Å². The number of hydrogen-bond donors (Lipinski definition) is 0. The number of aliphatic carboxylic acids is 1. The zero-order valence-corrected chi connectivity index (χ0v) is 21.0. The van der Waals surface area contributed by atoms with Gasteiger partial charge < -0.3 is 9.90 Å². The summed E-state index contributed by atoms with van der Waals surface area (Å²) in [4.78, 5) is 13.1. The summed E-state index contributed by atoms with van der Waals surface area (Å²) in [6, 6.07) is 0. The molecule has 30 heavy (non-hydrogen) atoms. The van der Waals surface area contributed by atoms with Gasteiger partial charge in [-0.3, -0.25) is 4.90 Å². The third kappa shape index (κ3) is 26.1. The average Bonchev–Trinajstić information content (AvgIpc) is 2.70. The average molecular weight is 418 g/mol. The Bertz CT molecular complexity index is 315. The van der Waals surface area contributed by atoms with Crippen molar-refractivity contribution in [1.82, 2.24) is 4.90 Å². The monoisotopic (exact) mass is 417 g/mol. The Balaban J connectivity index is 0. The second-order valence-electron chi connectivity index (χ2n) is 9.01. The van der Waals surface area contributed by atoms with E-state index in [4.69, 9.17) is 0 Å².